The average Bonchev–Trinajstić information content (AvgIpc) is 3.22. The van der Waals surface area contributed by atoms with Crippen LogP contribution in [0.3, 0.4) is 0 Å². The van der Waals surface area contributed by atoms with Crippen molar-refractivity contribution in [2.24, 2.45) is 5.92 Å². The van der Waals surface area contributed by atoms with Gasteiger partial charge in [-0.05, 0) is 49.9 Å². The van der Waals surface area contributed by atoms with Crippen LogP contribution in [0.15, 0.2) is 41.1 Å². The molecule has 1 saturated heterocycles. The molecule has 4 rings (SSSR count). The number of furan rings is 1. The van der Waals surface area contributed by atoms with E-state index in [1.165, 1.54) is 0 Å². The van der Waals surface area contributed by atoms with E-state index in [9.17, 15) is 9.90 Å². The maximum absolute atomic E-state index is 11.3. The molecule has 1 fully saturated rings. The van der Waals surface area contributed by atoms with Crippen LogP contribution in [0.2, 0.25) is 0 Å². The Balaban J connectivity index is 1.67. The molecule has 1 aliphatic heterocycles. The average molecular weight is 395 g/mol. The smallest absolute Gasteiger partial charge is 0.306 e. The molecule has 1 aromatic carbocycles. The molecule has 0 radical (unpaired) electrons. The molecule has 0 amide bonds. The Labute approximate surface area is 169 Å². The van der Waals surface area contributed by atoms with Crippen LogP contribution in [0.5, 0.6) is 0 Å². The Morgan fingerprint density at radius 2 is 2.14 bits per heavy atom. The van der Waals surface area contributed by atoms with Gasteiger partial charge in [0.05, 0.1) is 17.9 Å². The summed E-state index contributed by atoms with van der Waals surface area (Å²) >= 11 is 0. The van der Waals surface area contributed by atoms with Gasteiger partial charge in [-0.15, -0.1) is 0 Å². The lowest BCUT2D eigenvalue weighted by atomic mass is 9.96. The van der Waals surface area contributed by atoms with E-state index >= 15 is 0 Å². The molecule has 2 aromatic heterocycles. The van der Waals surface area contributed by atoms with Gasteiger partial charge >= 0.3 is 5.97 Å². The molecule has 29 heavy (non-hydrogen) atoms. The molecule has 0 unspecified atom stereocenters. The van der Waals surface area contributed by atoms with E-state index in [1.807, 2.05) is 24.4 Å². The molecule has 0 spiro atoms. The molecule has 0 saturated carbocycles. The van der Waals surface area contributed by atoms with Crippen molar-refractivity contribution in [3.8, 4) is 11.3 Å². The van der Waals surface area contributed by atoms with Crippen LogP contribution in [0, 0.1) is 5.92 Å². The van der Waals surface area contributed by atoms with E-state index in [1.54, 1.807) is 13.4 Å². The Hall–Kier alpha value is -2.93. The highest BCUT2D eigenvalue weighted by Crippen LogP contribution is 2.32. The van der Waals surface area contributed by atoms with Crippen LogP contribution in [0.4, 0.5) is 5.82 Å². The fraction of sp³-hybridized carbons (Fsp3) is 0.409. The summed E-state index contributed by atoms with van der Waals surface area (Å²) in [6.07, 6.45) is 6.41. The predicted octanol–water partition coefficient (Wildman–Crippen LogP) is 3.77. The van der Waals surface area contributed by atoms with E-state index in [4.69, 9.17) is 19.1 Å². The number of aliphatic carboxylic acids is 1. The molecular weight excluding hydrogens is 370 g/mol. The normalized spacial score (nSPS) is 15.1. The number of nitrogens with zero attached hydrogens (tertiary/aromatic N) is 3. The standard InChI is InChI=1S/C22H25N3O4/c1-28-11-2-3-18-14-23-20(17-4-5-19-16(13-17)8-12-29-19)21(24-18)25-9-6-15(7-10-25)22(26)27/h4-5,8,12-15H,2-3,6-7,9-11H2,1H3,(H,26,27). The highest BCUT2D eigenvalue weighted by molar-refractivity contribution is 5.85. The first kappa shape index (κ1) is 19.4. The second-order valence-electron chi connectivity index (χ2n) is 7.40. The summed E-state index contributed by atoms with van der Waals surface area (Å²) in [5, 5.41) is 10.3. The minimum absolute atomic E-state index is 0.283. The van der Waals surface area contributed by atoms with Crippen LogP contribution in [-0.2, 0) is 16.0 Å². The molecule has 0 atom stereocenters. The van der Waals surface area contributed by atoms with Crippen LogP contribution >= 0.6 is 0 Å². The second-order valence-corrected chi connectivity index (χ2v) is 7.40. The highest BCUT2D eigenvalue weighted by atomic mass is 16.5. The first-order valence-electron chi connectivity index (χ1n) is 9.96. The second kappa shape index (κ2) is 8.61. The van der Waals surface area contributed by atoms with Gasteiger partial charge in [0.25, 0.3) is 0 Å². The Morgan fingerprint density at radius 1 is 1.31 bits per heavy atom. The minimum atomic E-state index is -0.713. The van der Waals surface area contributed by atoms with Gasteiger partial charge < -0.3 is 19.2 Å². The van der Waals surface area contributed by atoms with Crippen LogP contribution < -0.4 is 4.90 Å². The van der Waals surface area contributed by atoms with Gasteiger partial charge in [-0.2, -0.15) is 0 Å². The number of hydrogen-bond donors (Lipinski definition) is 1. The zero-order valence-electron chi connectivity index (χ0n) is 16.5. The number of carboxylic acids is 1. The van der Waals surface area contributed by atoms with Crippen molar-refractivity contribution in [2.75, 3.05) is 31.7 Å². The van der Waals surface area contributed by atoms with Gasteiger partial charge in [0.2, 0.25) is 0 Å². The maximum atomic E-state index is 11.3. The molecule has 3 aromatic rings. The molecule has 152 valence electrons. The summed E-state index contributed by atoms with van der Waals surface area (Å²) in [6.45, 7) is 2.00. The number of methoxy groups -OCH3 is 1. The lowest BCUT2D eigenvalue weighted by Gasteiger charge is -2.32. The van der Waals surface area contributed by atoms with Gasteiger partial charge in [0, 0.05) is 44.0 Å². The fourth-order valence-corrected chi connectivity index (χ4v) is 3.81. The number of carbonyl (C=O) groups is 1. The number of piperidine rings is 1. The number of benzene rings is 1. The van der Waals surface area contributed by atoms with E-state index in [0.29, 0.717) is 32.5 Å². The molecule has 0 aliphatic carbocycles. The molecule has 1 aliphatic rings. The van der Waals surface area contributed by atoms with Crippen molar-refractivity contribution >= 4 is 22.8 Å². The molecule has 3 heterocycles. The summed E-state index contributed by atoms with van der Waals surface area (Å²) in [4.78, 5) is 23.2. The Bertz CT molecular complexity index is 993. The molecule has 1 N–H and O–H groups in total. The highest BCUT2D eigenvalue weighted by Gasteiger charge is 2.27. The predicted molar refractivity (Wildman–Crippen MR) is 110 cm³/mol. The third kappa shape index (κ3) is 4.24. The minimum Gasteiger partial charge on any atom is -0.481 e. The van der Waals surface area contributed by atoms with Crippen molar-refractivity contribution in [1.82, 2.24) is 9.97 Å². The van der Waals surface area contributed by atoms with Crippen molar-refractivity contribution < 1.29 is 19.1 Å². The first-order valence-corrected chi connectivity index (χ1v) is 9.96. The number of hydrogen-bond acceptors (Lipinski definition) is 6. The monoisotopic (exact) mass is 395 g/mol. The lowest BCUT2D eigenvalue weighted by molar-refractivity contribution is -0.142. The van der Waals surface area contributed by atoms with Crippen LogP contribution in [0.1, 0.15) is 25.0 Å². The summed E-state index contributed by atoms with van der Waals surface area (Å²) in [7, 11) is 1.69. The summed E-state index contributed by atoms with van der Waals surface area (Å²) in [5.41, 5.74) is 3.55. The summed E-state index contributed by atoms with van der Waals surface area (Å²) in [6, 6.07) is 7.93. The third-order valence-corrected chi connectivity index (χ3v) is 5.45. The van der Waals surface area contributed by atoms with E-state index in [2.05, 4.69) is 11.0 Å². The van der Waals surface area contributed by atoms with E-state index in [-0.39, 0.29) is 5.92 Å². The van der Waals surface area contributed by atoms with Gasteiger partial charge in [0.1, 0.15) is 11.3 Å². The molecule has 7 heteroatoms. The van der Waals surface area contributed by atoms with Gasteiger partial charge in [-0.1, -0.05) is 0 Å². The molecule has 7 nitrogen and oxygen atoms in total. The summed E-state index contributed by atoms with van der Waals surface area (Å²) < 4.78 is 10.6. The van der Waals surface area contributed by atoms with Gasteiger partial charge in [-0.25, -0.2) is 4.98 Å². The third-order valence-electron chi connectivity index (χ3n) is 5.45. The van der Waals surface area contributed by atoms with Crippen molar-refractivity contribution in [2.45, 2.75) is 25.7 Å². The lowest BCUT2D eigenvalue weighted by Crippen LogP contribution is -2.37. The molecule has 0 bridgehead atoms. The summed E-state index contributed by atoms with van der Waals surface area (Å²) in [5.74, 6) is -0.170. The fourth-order valence-electron chi connectivity index (χ4n) is 3.81. The number of anilines is 1. The SMILES string of the molecule is COCCCc1cnc(-c2ccc3occc3c2)c(N2CCC(C(=O)O)CC2)n1. The number of fused-ring (bicyclic) bond motifs is 1. The molecular formula is C22H25N3O4. The van der Waals surface area contributed by atoms with Crippen molar-refractivity contribution in [3.05, 3.63) is 42.4 Å². The Kier molecular flexibility index (Phi) is 5.76. The van der Waals surface area contributed by atoms with Crippen molar-refractivity contribution in [3.63, 3.8) is 0 Å². The quantitative estimate of drug-likeness (QED) is 0.609. The largest absolute Gasteiger partial charge is 0.481 e. The van der Waals surface area contributed by atoms with Gasteiger partial charge in [0.15, 0.2) is 5.82 Å². The zero-order chi connectivity index (χ0) is 20.2. The number of carboxylic acid groups (broad SMARTS) is 1. The number of rotatable bonds is 7. The Morgan fingerprint density at radius 3 is 2.90 bits per heavy atom. The first-order chi connectivity index (χ1) is 14.2. The van der Waals surface area contributed by atoms with Crippen LogP contribution in [-0.4, -0.2) is 47.8 Å². The maximum Gasteiger partial charge on any atom is 0.306 e. The van der Waals surface area contributed by atoms with Crippen molar-refractivity contribution in [1.29, 1.82) is 0 Å². The number of aryl methyl sites for hydroxylation is 1. The topological polar surface area (TPSA) is 88.7 Å². The number of ether oxygens (including phenoxy) is 1. The van der Waals surface area contributed by atoms with Gasteiger partial charge in [-0.3, -0.25) is 9.78 Å². The van der Waals surface area contributed by atoms with Crippen LogP contribution in [0.25, 0.3) is 22.2 Å². The zero-order valence-corrected chi connectivity index (χ0v) is 16.5. The van der Waals surface area contributed by atoms with E-state index in [0.717, 1.165) is 46.6 Å². The van der Waals surface area contributed by atoms with E-state index < -0.39 is 5.97 Å². The number of aromatic nitrogens is 2.